The standard InChI is InChI=1S/C15H21N3O4/c1-3-18(13(19)10-14(20)22-2)9-8-17-15(21)11-4-6-12(16)7-5-11/h4-7H,3,8-10,16H2,1-2H3,(H,17,21). The zero-order chi connectivity index (χ0) is 16.5. The van der Waals surface area contributed by atoms with E-state index in [4.69, 9.17) is 5.73 Å². The Morgan fingerprint density at radius 2 is 1.86 bits per heavy atom. The Morgan fingerprint density at radius 1 is 1.23 bits per heavy atom. The van der Waals surface area contributed by atoms with Gasteiger partial charge in [0, 0.05) is 30.9 Å². The monoisotopic (exact) mass is 307 g/mol. The molecule has 0 aromatic heterocycles. The number of carbonyl (C=O) groups is 3. The lowest BCUT2D eigenvalue weighted by Gasteiger charge is -2.20. The lowest BCUT2D eigenvalue weighted by Crippen LogP contribution is -2.39. The van der Waals surface area contributed by atoms with E-state index in [1.54, 1.807) is 31.2 Å². The minimum absolute atomic E-state index is 0.239. The summed E-state index contributed by atoms with van der Waals surface area (Å²) in [5.74, 6) is -1.14. The molecule has 0 unspecified atom stereocenters. The number of hydrogen-bond acceptors (Lipinski definition) is 5. The highest BCUT2D eigenvalue weighted by Gasteiger charge is 2.16. The van der Waals surface area contributed by atoms with Crippen LogP contribution in [0.1, 0.15) is 23.7 Å². The fourth-order valence-electron chi connectivity index (χ4n) is 1.81. The van der Waals surface area contributed by atoms with E-state index in [1.807, 2.05) is 0 Å². The summed E-state index contributed by atoms with van der Waals surface area (Å²) < 4.78 is 4.46. The van der Waals surface area contributed by atoms with E-state index >= 15 is 0 Å². The largest absolute Gasteiger partial charge is 0.469 e. The van der Waals surface area contributed by atoms with Crippen molar-refractivity contribution in [2.45, 2.75) is 13.3 Å². The van der Waals surface area contributed by atoms with Gasteiger partial charge in [0.1, 0.15) is 6.42 Å². The molecule has 22 heavy (non-hydrogen) atoms. The maximum atomic E-state index is 11.9. The summed E-state index contributed by atoms with van der Waals surface area (Å²) in [6.45, 7) is 2.88. The number of carbonyl (C=O) groups excluding carboxylic acids is 3. The van der Waals surface area contributed by atoms with Crippen molar-refractivity contribution in [3.05, 3.63) is 29.8 Å². The van der Waals surface area contributed by atoms with E-state index in [2.05, 4.69) is 10.1 Å². The maximum absolute atomic E-state index is 11.9. The Hall–Kier alpha value is -2.57. The molecule has 1 aromatic carbocycles. The van der Waals surface area contributed by atoms with Crippen LogP contribution < -0.4 is 11.1 Å². The van der Waals surface area contributed by atoms with Gasteiger partial charge < -0.3 is 20.7 Å². The van der Waals surface area contributed by atoms with Crippen LogP contribution in [0, 0.1) is 0 Å². The number of benzene rings is 1. The highest BCUT2D eigenvalue weighted by Crippen LogP contribution is 2.05. The molecule has 7 nitrogen and oxygen atoms in total. The van der Waals surface area contributed by atoms with Crippen LogP contribution >= 0.6 is 0 Å². The molecule has 3 N–H and O–H groups in total. The minimum Gasteiger partial charge on any atom is -0.469 e. The van der Waals surface area contributed by atoms with Crippen molar-refractivity contribution in [2.75, 3.05) is 32.5 Å². The Labute approximate surface area is 129 Å². The number of nitrogen functional groups attached to an aromatic ring is 1. The van der Waals surface area contributed by atoms with Crippen molar-refractivity contribution in [2.24, 2.45) is 0 Å². The van der Waals surface area contributed by atoms with E-state index < -0.39 is 5.97 Å². The first kappa shape index (κ1) is 17.5. The summed E-state index contributed by atoms with van der Waals surface area (Å²) in [6.07, 6.45) is -0.295. The zero-order valence-corrected chi connectivity index (χ0v) is 12.8. The number of nitrogens with one attached hydrogen (secondary N) is 1. The second-order valence-electron chi connectivity index (χ2n) is 4.60. The Balaban J connectivity index is 2.43. The first-order valence-electron chi connectivity index (χ1n) is 6.96. The Bertz CT molecular complexity index is 528. The van der Waals surface area contributed by atoms with Gasteiger partial charge in [0.2, 0.25) is 5.91 Å². The molecule has 0 spiro atoms. The smallest absolute Gasteiger partial charge is 0.315 e. The number of likely N-dealkylation sites (N-methyl/N-ethyl adjacent to an activating group) is 1. The van der Waals surface area contributed by atoms with Crippen LogP contribution in [0.2, 0.25) is 0 Å². The van der Waals surface area contributed by atoms with Crippen LogP contribution in [0.15, 0.2) is 24.3 Å². The fourth-order valence-corrected chi connectivity index (χ4v) is 1.81. The average Bonchev–Trinajstić information content (AvgIpc) is 2.51. The average molecular weight is 307 g/mol. The third kappa shape index (κ3) is 5.43. The number of anilines is 1. The molecule has 7 heteroatoms. The predicted octanol–water partition coefficient (Wildman–Crippen LogP) is 0.410. The minimum atomic E-state index is -0.575. The molecule has 1 rings (SSSR count). The molecule has 0 radical (unpaired) electrons. The summed E-state index contributed by atoms with van der Waals surface area (Å²) in [5.41, 5.74) is 6.64. The number of esters is 1. The predicted molar refractivity (Wildman–Crippen MR) is 82.1 cm³/mol. The Kier molecular flexibility index (Phi) is 6.88. The maximum Gasteiger partial charge on any atom is 0.315 e. The van der Waals surface area contributed by atoms with Crippen molar-refractivity contribution >= 4 is 23.5 Å². The van der Waals surface area contributed by atoms with Gasteiger partial charge in [-0.1, -0.05) is 0 Å². The summed E-state index contributed by atoms with van der Waals surface area (Å²) in [7, 11) is 1.23. The van der Waals surface area contributed by atoms with Gasteiger partial charge in [0.15, 0.2) is 0 Å². The van der Waals surface area contributed by atoms with Crippen LogP contribution in [0.25, 0.3) is 0 Å². The third-order valence-corrected chi connectivity index (χ3v) is 3.10. The van der Waals surface area contributed by atoms with Crippen molar-refractivity contribution in [3.63, 3.8) is 0 Å². The first-order chi connectivity index (χ1) is 10.5. The summed E-state index contributed by atoms with van der Waals surface area (Å²) in [5, 5.41) is 2.72. The van der Waals surface area contributed by atoms with Crippen LogP contribution in [0.5, 0.6) is 0 Å². The molecular formula is C15H21N3O4. The number of nitrogens with two attached hydrogens (primary N) is 1. The summed E-state index contributed by atoms with van der Waals surface area (Å²) >= 11 is 0. The van der Waals surface area contributed by atoms with Gasteiger partial charge in [-0.25, -0.2) is 0 Å². The SMILES string of the molecule is CCN(CCNC(=O)c1ccc(N)cc1)C(=O)CC(=O)OC. The van der Waals surface area contributed by atoms with E-state index in [-0.39, 0.29) is 18.2 Å². The van der Waals surface area contributed by atoms with Crippen LogP contribution in [0.3, 0.4) is 0 Å². The van der Waals surface area contributed by atoms with E-state index in [1.165, 1.54) is 12.0 Å². The molecule has 0 aliphatic rings. The van der Waals surface area contributed by atoms with Gasteiger partial charge in [-0.05, 0) is 31.2 Å². The van der Waals surface area contributed by atoms with Gasteiger partial charge in [0.25, 0.3) is 5.91 Å². The van der Waals surface area contributed by atoms with Crippen LogP contribution in [-0.4, -0.2) is 49.4 Å². The van der Waals surface area contributed by atoms with Crippen molar-refractivity contribution in [3.8, 4) is 0 Å². The van der Waals surface area contributed by atoms with E-state index in [9.17, 15) is 14.4 Å². The zero-order valence-electron chi connectivity index (χ0n) is 12.8. The van der Waals surface area contributed by atoms with Gasteiger partial charge in [0.05, 0.1) is 7.11 Å². The molecule has 120 valence electrons. The molecule has 0 aliphatic carbocycles. The molecule has 2 amide bonds. The third-order valence-electron chi connectivity index (χ3n) is 3.10. The Morgan fingerprint density at radius 3 is 2.41 bits per heavy atom. The van der Waals surface area contributed by atoms with Crippen molar-refractivity contribution < 1.29 is 19.1 Å². The molecule has 0 aliphatic heterocycles. The van der Waals surface area contributed by atoms with E-state index in [0.717, 1.165) is 0 Å². The molecule has 0 heterocycles. The van der Waals surface area contributed by atoms with E-state index in [0.29, 0.717) is 30.9 Å². The molecule has 0 saturated heterocycles. The number of ether oxygens (including phenoxy) is 1. The molecule has 0 atom stereocenters. The highest BCUT2D eigenvalue weighted by molar-refractivity contribution is 5.95. The molecule has 0 bridgehead atoms. The number of methoxy groups -OCH3 is 1. The van der Waals surface area contributed by atoms with Gasteiger partial charge in [-0.15, -0.1) is 0 Å². The molecule has 1 aromatic rings. The normalized spacial score (nSPS) is 9.91. The van der Waals surface area contributed by atoms with Crippen LogP contribution in [0.4, 0.5) is 5.69 Å². The first-order valence-corrected chi connectivity index (χ1v) is 6.96. The van der Waals surface area contributed by atoms with Crippen molar-refractivity contribution in [1.82, 2.24) is 10.2 Å². The van der Waals surface area contributed by atoms with Gasteiger partial charge in [-0.3, -0.25) is 14.4 Å². The summed E-state index contributed by atoms with van der Waals surface area (Å²) in [6, 6.07) is 6.55. The van der Waals surface area contributed by atoms with Gasteiger partial charge in [-0.2, -0.15) is 0 Å². The number of rotatable bonds is 7. The number of nitrogens with zero attached hydrogens (tertiary/aromatic N) is 1. The lowest BCUT2D eigenvalue weighted by atomic mass is 10.2. The molecule has 0 fully saturated rings. The summed E-state index contributed by atoms with van der Waals surface area (Å²) in [4.78, 5) is 36.3. The number of hydrogen-bond donors (Lipinski definition) is 2. The fraction of sp³-hybridized carbons (Fsp3) is 0.400. The molecule has 0 saturated carbocycles. The highest BCUT2D eigenvalue weighted by atomic mass is 16.5. The second-order valence-corrected chi connectivity index (χ2v) is 4.60. The second kappa shape index (κ2) is 8.66. The lowest BCUT2D eigenvalue weighted by molar-refractivity contribution is -0.146. The van der Waals surface area contributed by atoms with Crippen LogP contribution in [-0.2, 0) is 14.3 Å². The number of amides is 2. The van der Waals surface area contributed by atoms with Crippen molar-refractivity contribution in [1.29, 1.82) is 0 Å². The topological polar surface area (TPSA) is 102 Å². The quantitative estimate of drug-likeness (QED) is 0.431. The molecular weight excluding hydrogens is 286 g/mol. The van der Waals surface area contributed by atoms with Gasteiger partial charge >= 0.3 is 5.97 Å².